The first-order valence-electron chi connectivity index (χ1n) is 21.5. The van der Waals surface area contributed by atoms with E-state index < -0.39 is 0 Å². The van der Waals surface area contributed by atoms with Gasteiger partial charge in [-0.05, 0) is 103 Å². The molecular weight excluding hydrogens is 764 g/mol. The van der Waals surface area contributed by atoms with Gasteiger partial charge in [-0.15, -0.1) is 0 Å². The number of nitrogens with zero attached hydrogens (tertiary/aromatic N) is 3. The summed E-state index contributed by atoms with van der Waals surface area (Å²) in [7, 11) is 0. The number of H-pyrrole nitrogens is 1. The van der Waals surface area contributed by atoms with Crippen molar-refractivity contribution in [1.29, 1.82) is 0 Å². The van der Waals surface area contributed by atoms with E-state index in [0.29, 0.717) is 23.0 Å². The standard InChI is InChI=1S/C48H39N3.C9H7NO.Li/c1-46(2)37-16-10-7-13-31(37)34-22-19-28(25-40(34)46)43-49-44(29-20-23-35-32-14-8-11-17-38(32)47(3,4)41(35)26-29)51-45(50-43)30-21-24-36-33-15-9-12-18-39(33)48(5,6)42(36)27-30;11-8-5-1-3-7-4-2-6-10-9(7)8;/h7-27H,1-6H3;1-6,11H;/q;;+1. The summed E-state index contributed by atoms with van der Waals surface area (Å²) in [5.41, 5.74) is 19.1. The molecule has 0 spiro atoms. The average Bonchev–Trinajstić information content (AvgIpc) is 3.78. The van der Waals surface area contributed by atoms with E-state index in [9.17, 15) is 5.11 Å². The van der Waals surface area contributed by atoms with Gasteiger partial charge in [0.2, 0.25) is 5.52 Å². The second kappa shape index (κ2) is 14.7. The predicted molar refractivity (Wildman–Crippen MR) is 249 cm³/mol. The fraction of sp³-hybridized carbons (Fsp3) is 0.158. The Morgan fingerprint density at radius 1 is 0.381 bits per heavy atom. The Morgan fingerprint density at radius 3 is 1.11 bits per heavy atom. The normalized spacial score (nSPS) is 14.8. The number of aromatic nitrogens is 4. The van der Waals surface area contributed by atoms with Gasteiger partial charge in [0.25, 0.3) is 0 Å². The van der Waals surface area contributed by atoms with Crippen molar-refractivity contribution in [2.24, 2.45) is 0 Å². The van der Waals surface area contributed by atoms with E-state index in [1.807, 2.05) is 18.2 Å². The van der Waals surface area contributed by atoms with Crippen molar-refractivity contribution < 1.29 is 29.0 Å². The monoisotopic (exact) mass is 809 g/mol. The summed E-state index contributed by atoms with van der Waals surface area (Å²) in [6.45, 7) is 13.9. The molecule has 5 nitrogen and oxygen atoms in total. The second-order valence-electron chi connectivity index (χ2n) is 18.5. The topological polar surface area (TPSA) is 75.9 Å². The zero-order chi connectivity index (χ0) is 42.5. The van der Waals surface area contributed by atoms with Crippen LogP contribution in [0.4, 0.5) is 0 Å². The Hall–Kier alpha value is -6.64. The summed E-state index contributed by atoms with van der Waals surface area (Å²) < 4.78 is 0. The van der Waals surface area contributed by atoms with Crippen molar-refractivity contribution in [2.45, 2.75) is 57.8 Å². The van der Waals surface area contributed by atoms with Crippen LogP contribution >= 0.6 is 0 Å². The molecule has 12 rings (SSSR count). The third-order valence-electron chi connectivity index (χ3n) is 13.8. The molecule has 3 aliphatic carbocycles. The van der Waals surface area contributed by atoms with Crippen molar-refractivity contribution in [3.05, 3.63) is 197 Å². The van der Waals surface area contributed by atoms with E-state index in [-0.39, 0.29) is 40.9 Å². The fourth-order valence-electron chi connectivity index (χ4n) is 10.4. The number of pyridine rings is 1. The smallest absolute Gasteiger partial charge is 0.868 e. The number of rotatable bonds is 3. The second-order valence-corrected chi connectivity index (χ2v) is 18.5. The number of benzene rings is 7. The number of hydrogen-bond acceptors (Lipinski definition) is 4. The molecule has 0 bridgehead atoms. The SMILES string of the molecule is CC1(C)c2ccccc2-c2ccc(-c3nc(-c4ccc5c(c4)C(C)(C)c4ccccc4-5)nc(-c4ccc5c(c4)C(C)(C)c4ccccc4-5)n3)cc21.[Li+].[O-]c1cccc2ccc[nH+]c12. The van der Waals surface area contributed by atoms with Gasteiger partial charge in [0.1, 0.15) is 0 Å². The van der Waals surface area contributed by atoms with E-state index in [0.717, 1.165) is 22.1 Å². The van der Waals surface area contributed by atoms with E-state index >= 15 is 0 Å². The molecule has 63 heavy (non-hydrogen) atoms. The summed E-state index contributed by atoms with van der Waals surface area (Å²) in [4.78, 5) is 18.7. The van der Waals surface area contributed by atoms with Crippen molar-refractivity contribution in [2.75, 3.05) is 0 Å². The molecule has 2 aromatic heterocycles. The predicted octanol–water partition coefficient (Wildman–Crippen LogP) is 9.52. The van der Waals surface area contributed by atoms with Gasteiger partial charge in [0.15, 0.2) is 23.7 Å². The van der Waals surface area contributed by atoms with E-state index in [1.165, 1.54) is 66.8 Å². The molecule has 2 heterocycles. The zero-order valence-electron chi connectivity index (χ0n) is 36.8. The molecule has 0 atom stereocenters. The van der Waals surface area contributed by atoms with Gasteiger partial charge >= 0.3 is 18.9 Å². The minimum absolute atomic E-state index is 0. The third kappa shape index (κ3) is 6.28. The fourth-order valence-corrected chi connectivity index (χ4v) is 10.4. The van der Waals surface area contributed by atoms with Crippen LogP contribution in [0.2, 0.25) is 0 Å². The summed E-state index contributed by atoms with van der Waals surface area (Å²) in [5.74, 6) is 2.12. The van der Waals surface area contributed by atoms with Crippen LogP contribution in [-0.2, 0) is 16.2 Å². The first-order chi connectivity index (χ1) is 29.9. The maximum atomic E-state index is 11.1. The minimum Gasteiger partial charge on any atom is -0.868 e. The number of para-hydroxylation sites is 1. The van der Waals surface area contributed by atoms with Gasteiger partial charge < -0.3 is 5.11 Å². The van der Waals surface area contributed by atoms with Gasteiger partial charge in [0, 0.05) is 44.4 Å². The van der Waals surface area contributed by atoms with Gasteiger partial charge in [-0.25, -0.2) is 19.9 Å². The summed E-state index contributed by atoms with van der Waals surface area (Å²) in [6.07, 6.45) is 1.75. The van der Waals surface area contributed by atoms with Gasteiger partial charge in [-0.2, -0.15) is 0 Å². The van der Waals surface area contributed by atoms with Crippen LogP contribution < -0.4 is 29.0 Å². The Morgan fingerprint density at radius 2 is 0.730 bits per heavy atom. The number of aromatic amines is 1. The molecule has 0 fully saturated rings. The van der Waals surface area contributed by atoms with Crippen LogP contribution in [0, 0.1) is 0 Å². The zero-order valence-corrected chi connectivity index (χ0v) is 36.8. The van der Waals surface area contributed by atoms with Crippen molar-refractivity contribution in [3.8, 4) is 73.3 Å². The van der Waals surface area contributed by atoms with E-state index in [1.54, 1.807) is 18.3 Å². The van der Waals surface area contributed by atoms with Crippen LogP contribution in [0.1, 0.15) is 74.9 Å². The molecule has 3 aliphatic rings. The maximum Gasteiger partial charge on any atom is 1.00 e. The van der Waals surface area contributed by atoms with Crippen LogP contribution in [0.15, 0.2) is 164 Å². The minimum atomic E-state index is -0.123. The number of nitrogens with one attached hydrogen (secondary N) is 1. The van der Waals surface area contributed by atoms with Gasteiger partial charge in [-0.3, -0.25) is 0 Å². The van der Waals surface area contributed by atoms with Crippen molar-refractivity contribution in [1.82, 2.24) is 15.0 Å². The Kier molecular flexibility index (Phi) is 9.46. The quantitative estimate of drug-likeness (QED) is 0.167. The first-order valence-corrected chi connectivity index (χ1v) is 21.5. The Balaban J connectivity index is 0.000000342. The van der Waals surface area contributed by atoms with Crippen LogP contribution in [0.5, 0.6) is 5.75 Å². The first kappa shape index (κ1) is 40.4. The number of hydrogen-bond donors (Lipinski definition) is 0. The third-order valence-corrected chi connectivity index (χ3v) is 13.8. The molecule has 7 aromatic carbocycles. The molecule has 9 aromatic rings. The molecule has 0 saturated carbocycles. The summed E-state index contributed by atoms with van der Waals surface area (Å²) in [5, 5.41) is 12.1. The van der Waals surface area contributed by atoms with Crippen molar-refractivity contribution in [3.63, 3.8) is 0 Å². The largest absolute Gasteiger partial charge is 1.00 e. The number of fused-ring (bicyclic) bond motifs is 10. The van der Waals surface area contributed by atoms with Crippen molar-refractivity contribution >= 4 is 10.9 Å². The van der Waals surface area contributed by atoms with Crippen LogP contribution in [0.3, 0.4) is 0 Å². The Bertz CT molecular complexity index is 3010. The summed E-state index contributed by atoms with van der Waals surface area (Å²) in [6, 6.07) is 55.6. The van der Waals surface area contributed by atoms with E-state index in [4.69, 9.17) is 15.0 Å². The summed E-state index contributed by atoms with van der Waals surface area (Å²) >= 11 is 0. The average molecular weight is 810 g/mol. The molecule has 0 aliphatic heterocycles. The van der Waals surface area contributed by atoms with Crippen LogP contribution in [0.25, 0.3) is 78.4 Å². The molecule has 1 N–H and O–H groups in total. The molecule has 300 valence electrons. The molecule has 6 heteroatoms. The Labute approximate surface area is 381 Å². The maximum absolute atomic E-state index is 11.1. The van der Waals surface area contributed by atoms with E-state index in [2.05, 4.69) is 174 Å². The molecule has 0 amide bonds. The van der Waals surface area contributed by atoms with Gasteiger partial charge in [0.05, 0.1) is 0 Å². The molecule has 0 saturated heterocycles. The molecule has 0 unspecified atom stereocenters. The van der Waals surface area contributed by atoms with Gasteiger partial charge in [-0.1, -0.05) is 163 Å². The molecular formula is C57H46LiN4O+. The molecule has 0 radical (unpaired) electrons. The van der Waals surface area contributed by atoms with Crippen LogP contribution in [-0.4, -0.2) is 15.0 Å².